The number of benzene rings is 2. The molecule has 0 radical (unpaired) electrons. The lowest BCUT2D eigenvalue weighted by Gasteiger charge is -2.36. The van der Waals surface area contributed by atoms with E-state index in [1.165, 1.54) is 48.2 Å². The van der Waals surface area contributed by atoms with Crippen LogP contribution >= 0.6 is 0 Å². The molecule has 2 heterocycles. The Morgan fingerprint density at radius 2 is 1.26 bits per heavy atom. The minimum absolute atomic E-state index is 0.281. The van der Waals surface area contributed by atoms with Crippen molar-refractivity contribution in [2.75, 3.05) is 20.1 Å². The normalized spacial score (nSPS) is 30.0. The van der Waals surface area contributed by atoms with Gasteiger partial charge in [-0.3, -0.25) is 0 Å². The molecule has 0 aromatic heterocycles. The molecule has 2 aliphatic heterocycles. The van der Waals surface area contributed by atoms with Gasteiger partial charge in [0.25, 0.3) is 0 Å². The van der Waals surface area contributed by atoms with Crippen LogP contribution in [0.1, 0.15) is 53.2 Å². The first-order valence-electron chi connectivity index (χ1n) is 8.84. The fourth-order valence-corrected chi connectivity index (χ4v) is 4.73. The lowest BCUT2D eigenvalue weighted by Crippen LogP contribution is -2.33. The molecule has 0 bridgehead atoms. The average molecular weight is 305 g/mol. The summed E-state index contributed by atoms with van der Waals surface area (Å²) < 4.78 is 6.06. The molecule has 23 heavy (non-hydrogen) atoms. The van der Waals surface area contributed by atoms with E-state index < -0.39 is 0 Å². The van der Waals surface area contributed by atoms with Crippen LogP contribution in [0.2, 0.25) is 0 Å². The standard InChI is InChI=1S/C21H23NO/c1-22-12-10-14(11-13-22)19-15-6-2-4-8-17(15)20-21(23-20)18-9-5-3-7-16(18)19/h2-9,14,19-21H,10-13H2,1H3. The van der Waals surface area contributed by atoms with Crippen molar-refractivity contribution in [3.63, 3.8) is 0 Å². The highest BCUT2D eigenvalue weighted by molar-refractivity contribution is 5.50. The third-order valence-corrected chi connectivity index (χ3v) is 6.00. The molecule has 0 amide bonds. The minimum Gasteiger partial charge on any atom is -0.359 e. The van der Waals surface area contributed by atoms with Crippen LogP contribution < -0.4 is 0 Å². The molecule has 2 atom stereocenters. The number of hydrogen-bond acceptors (Lipinski definition) is 2. The van der Waals surface area contributed by atoms with Crippen LogP contribution in [-0.4, -0.2) is 25.0 Å². The van der Waals surface area contributed by atoms with Gasteiger partial charge in [-0.25, -0.2) is 0 Å². The Hall–Kier alpha value is -1.64. The van der Waals surface area contributed by atoms with Gasteiger partial charge in [0.2, 0.25) is 0 Å². The minimum atomic E-state index is 0.281. The van der Waals surface area contributed by atoms with Crippen molar-refractivity contribution in [1.29, 1.82) is 0 Å². The number of likely N-dealkylation sites (tertiary alicyclic amines) is 1. The lowest BCUT2D eigenvalue weighted by atomic mass is 9.74. The molecule has 2 aromatic carbocycles. The Morgan fingerprint density at radius 3 is 1.78 bits per heavy atom. The number of rotatable bonds is 1. The smallest absolute Gasteiger partial charge is 0.114 e. The lowest BCUT2D eigenvalue weighted by molar-refractivity contribution is 0.206. The summed E-state index contributed by atoms with van der Waals surface area (Å²) in [7, 11) is 2.24. The number of fused-ring (bicyclic) bond motifs is 5. The third kappa shape index (κ3) is 2.16. The molecule has 1 aliphatic carbocycles. The van der Waals surface area contributed by atoms with E-state index in [-0.39, 0.29) is 12.2 Å². The van der Waals surface area contributed by atoms with Crippen LogP contribution in [0.15, 0.2) is 48.5 Å². The molecule has 2 nitrogen and oxygen atoms in total. The van der Waals surface area contributed by atoms with Gasteiger partial charge in [0.15, 0.2) is 0 Å². The molecule has 0 saturated carbocycles. The van der Waals surface area contributed by atoms with E-state index in [1.807, 2.05) is 0 Å². The van der Waals surface area contributed by atoms with E-state index in [9.17, 15) is 0 Å². The highest BCUT2D eigenvalue weighted by Gasteiger charge is 2.48. The van der Waals surface area contributed by atoms with E-state index in [1.54, 1.807) is 0 Å². The number of piperidine rings is 1. The van der Waals surface area contributed by atoms with Gasteiger partial charge in [0.05, 0.1) is 0 Å². The Balaban J connectivity index is 1.66. The molecule has 3 aliphatic rings. The Labute approximate surface area is 138 Å². The number of nitrogens with zero attached hydrogens (tertiary/aromatic N) is 1. The second-order valence-corrected chi connectivity index (χ2v) is 7.35. The molecule has 0 N–H and O–H groups in total. The monoisotopic (exact) mass is 305 g/mol. The van der Waals surface area contributed by atoms with Gasteiger partial charge in [-0.05, 0) is 61.2 Å². The summed E-state index contributed by atoms with van der Waals surface area (Å²) in [6.45, 7) is 2.43. The summed E-state index contributed by atoms with van der Waals surface area (Å²) in [5, 5.41) is 0. The van der Waals surface area contributed by atoms with Gasteiger partial charge in [0.1, 0.15) is 12.2 Å². The first kappa shape index (κ1) is 13.8. The van der Waals surface area contributed by atoms with Crippen molar-refractivity contribution in [1.82, 2.24) is 4.90 Å². The number of ether oxygens (including phenoxy) is 1. The highest BCUT2D eigenvalue weighted by atomic mass is 16.6. The Bertz CT molecular complexity index is 681. The molecule has 118 valence electrons. The van der Waals surface area contributed by atoms with Gasteiger partial charge in [-0.2, -0.15) is 0 Å². The predicted molar refractivity (Wildman–Crippen MR) is 91.5 cm³/mol. The molecule has 2 saturated heterocycles. The van der Waals surface area contributed by atoms with Gasteiger partial charge in [0, 0.05) is 5.92 Å². The largest absolute Gasteiger partial charge is 0.359 e. The summed E-state index contributed by atoms with van der Waals surface area (Å²) in [6, 6.07) is 18.0. The SMILES string of the molecule is CN1CCC(C2c3ccccc3C3OC3c3ccccc32)CC1. The fraction of sp³-hybridized carbons (Fsp3) is 0.429. The van der Waals surface area contributed by atoms with Crippen LogP contribution in [-0.2, 0) is 4.74 Å². The molecular formula is C21H23NO. The predicted octanol–water partition coefficient (Wildman–Crippen LogP) is 4.29. The van der Waals surface area contributed by atoms with Crippen molar-refractivity contribution in [3.05, 3.63) is 70.8 Å². The van der Waals surface area contributed by atoms with Crippen molar-refractivity contribution >= 4 is 0 Å². The van der Waals surface area contributed by atoms with Crippen LogP contribution in [0.25, 0.3) is 0 Å². The van der Waals surface area contributed by atoms with Gasteiger partial charge in [-0.15, -0.1) is 0 Å². The fourth-order valence-electron chi connectivity index (χ4n) is 4.73. The van der Waals surface area contributed by atoms with E-state index in [0.717, 1.165) is 5.92 Å². The van der Waals surface area contributed by atoms with E-state index in [0.29, 0.717) is 5.92 Å². The summed E-state index contributed by atoms with van der Waals surface area (Å²) in [6.07, 6.45) is 3.15. The number of epoxide rings is 1. The molecule has 5 rings (SSSR count). The van der Waals surface area contributed by atoms with Crippen LogP contribution in [0, 0.1) is 5.92 Å². The zero-order valence-corrected chi connectivity index (χ0v) is 13.6. The zero-order valence-electron chi connectivity index (χ0n) is 13.6. The second-order valence-electron chi connectivity index (χ2n) is 7.35. The average Bonchev–Trinajstić information content (AvgIpc) is 3.38. The van der Waals surface area contributed by atoms with Crippen molar-refractivity contribution in [2.45, 2.75) is 31.0 Å². The summed E-state index contributed by atoms with van der Waals surface area (Å²) in [4.78, 5) is 2.46. The molecule has 2 unspecified atom stereocenters. The molecule has 2 heteroatoms. The summed E-state index contributed by atoms with van der Waals surface area (Å²) in [5.74, 6) is 1.28. The second kappa shape index (κ2) is 5.19. The molecular weight excluding hydrogens is 282 g/mol. The van der Waals surface area contributed by atoms with Crippen molar-refractivity contribution < 1.29 is 4.74 Å². The Kier molecular flexibility index (Phi) is 3.10. The van der Waals surface area contributed by atoms with Crippen molar-refractivity contribution in [3.8, 4) is 0 Å². The Morgan fingerprint density at radius 1 is 0.783 bits per heavy atom. The summed E-state index contributed by atoms with van der Waals surface area (Å²) in [5.41, 5.74) is 5.88. The third-order valence-electron chi connectivity index (χ3n) is 6.00. The van der Waals surface area contributed by atoms with Gasteiger partial charge in [-0.1, -0.05) is 48.5 Å². The topological polar surface area (TPSA) is 15.8 Å². The van der Waals surface area contributed by atoms with Crippen molar-refractivity contribution in [2.24, 2.45) is 5.92 Å². The first-order valence-corrected chi connectivity index (χ1v) is 8.84. The zero-order chi connectivity index (χ0) is 15.4. The van der Waals surface area contributed by atoms with Gasteiger partial charge < -0.3 is 9.64 Å². The van der Waals surface area contributed by atoms with Crippen LogP contribution in [0.4, 0.5) is 0 Å². The highest BCUT2D eigenvalue weighted by Crippen LogP contribution is 2.58. The van der Waals surface area contributed by atoms with Crippen LogP contribution in [0.5, 0.6) is 0 Å². The molecule has 0 spiro atoms. The summed E-state index contributed by atoms with van der Waals surface area (Å²) >= 11 is 0. The van der Waals surface area contributed by atoms with E-state index in [4.69, 9.17) is 4.74 Å². The maximum atomic E-state index is 6.06. The number of hydrogen-bond donors (Lipinski definition) is 0. The van der Waals surface area contributed by atoms with Crippen LogP contribution in [0.3, 0.4) is 0 Å². The molecule has 2 aromatic rings. The molecule has 2 fully saturated rings. The maximum absolute atomic E-state index is 6.06. The van der Waals surface area contributed by atoms with E-state index in [2.05, 4.69) is 60.5 Å². The van der Waals surface area contributed by atoms with E-state index >= 15 is 0 Å². The maximum Gasteiger partial charge on any atom is 0.114 e. The first-order chi connectivity index (χ1) is 11.3. The quantitative estimate of drug-likeness (QED) is 0.731. The van der Waals surface area contributed by atoms with Gasteiger partial charge >= 0.3 is 0 Å².